The predicted octanol–water partition coefficient (Wildman–Crippen LogP) is 2.44. The van der Waals surface area contributed by atoms with E-state index in [4.69, 9.17) is 0 Å². The predicted molar refractivity (Wildman–Crippen MR) is 107 cm³/mol. The molecule has 2 aromatic rings. The summed E-state index contributed by atoms with van der Waals surface area (Å²) in [5, 5.41) is 19.3. The van der Waals surface area contributed by atoms with E-state index in [2.05, 4.69) is 9.97 Å². The van der Waals surface area contributed by atoms with Gasteiger partial charge in [0.05, 0.1) is 11.4 Å². The Bertz CT molecular complexity index is 964. The molecule has 0 bridgehead atoms. The van der Waals surface area contributed by atoms with Gasteiger partial charge in [0.25, 0.3) is 5.56 Å². The third-order valence-electron chi connectivity index (χ3n) is 4.22. The van der Waals surface area contributed by atoms with Crippen LogP contribution in [0.15, 0.2) is 22.2 Å². The summed E-state index contributed by atoms with van der Waals surface area (Å²) in [6.45, 7) is 5.85. The molecule has 1 N–H and O–H groups in total. The number of aliphatic hydroxyl groups excluding tert-OH is 1. The molecule has 0 spiro atoms. The highest BCUT2D eigenvalue weighted by atomic mass is 32.2. The topological polar surface area (TPSA) is 91.8 Å². The Labute approximate surface area is 167 Å². The zero-order chi connectivity index (χ0) is 19.1. The minimum atomic E-state index is -0.494. The van der Waals surface area contributed by atoms with Gasteiger partial charge in [-0.3, -0.25) is 14.3 Å². The fourth-order valence-electron chi connectivity index (χ4n) is 2.85. The Morgan fingerprint density at radius 1 is 1.48 bits per heavy atom. The molecule has 6 nitrogen and oxygen atoms in total. The first-order valence-corrected chi connectivity index (χ1v) is 9.19. The van der Waals surface area contributed by atoms with Gasteiger partial charge in [-0.05, 0) is 6.07 Å². The molecule has 2 aromatic heterocycles. The maximum absolute atomic E-state index is 14.5. The molecule has 0 amide bonds. The third kappa shape index (κ3) is 4.03. The average Bonchev–Trinajstić information content (AvgIpc) is 2.60. The van der Waals surface area contributed by atoms with Crippen molar-refractivity contribution >= 4 is 25.3 Å². The van der Waals surface area contributed by atoms with Gasteiger partial charge in [0, 0.05) is 42.0 Å². The van der Waals surface area contributed by atoms with Gasteiger partial charge in [0.1, 0.15) is 17.4 Å². The highest BCUT2D eigenvalue weighted by molar-refractivity contribution is 7.99. The van der Waals surface area contributed by atoms with Crippen LogP contribution in [-0.2, 0) is 12.0 Å². The summed E-state index contributed by atoms with van der Waals surface area (Å²) in [7, 11) is 0. The van der Waals surface area contributed by atoms with E-state index < -0.39 is 16.8 Å². The second kappa shape index (κ2) is 8.00. The van der Waals surface area contributed by atoms with Crippen LogP contribution in [0.2, 0.25) is 0 Å². The zero-order valence-electron chi connectivity index (χ0n) is 15.3. The molecule has 0 aliphatic carbocycles. The highest BCUT2D eigenvalue weighted by Crippen LogP contribution is 2.30. The average molecular weight is 409 g/mol. The van der Waals surface area contributed by atoms with Gasteiger partial charge in [0.15, 0.2) is 5.16 Å². The van der Waals surface area contributed by atoms with Crippen molar-refractivity contribution in [2.75, 3.05) is 12.4 Å². The van der Waals surface area contributed by atoms with E-state index in [0.717, 1.165) is 0 Å². The number of hydrogen-bond donors (Lipinski definition) is 1. The van der Waals surface area contributed by atoms with Crippen molar-refractivity contribution in [1.82, 2.24) is 14.5 Å². The van der Waals surface area contributed by atoms with Crippen LogP contribution in [0.5, 0.6) is 0 Å². The molecule has 27 heavy (non-hydrogen) atoms. The number of rotatable bonds is 2. The molecule has 1 aliphatic heterocycles. The van der Waals surface area contributed by atoms with Crippen molar-refractivity contribution in [2.45, 2.75) is 37.9 Å². The second-order valence-corrected chi connectivity index (χ2v) is 8.30. The Kier molecular flexibility index (Phi) is 6.35. The van der Waals surface area contributed by atoms with Crippen LogP contribution in [0.25, 0.3) is 11.3 Å². The first kappa shape index (κ1) is 21.4. The molecular formula is C18H21FN4O2S2. The Balaban J connectivity index is 0.00000261. The largest absolute Gasteiger partial charge is 0.396 e. The maximum atomic E-state index is 14.5. The summed E-state index contributed by atoms with van der Waals surface area (Å²) in [5.74, 6) is 0.0743. The minimum absolute atomic E-state index is 0. The van der Waals surface area contributed by atoms with Gasteiger partial charge in [-0.1, -0.05) is 32.5 Å². The van der Waals surface area contributed by atoms with Crippen molar-refractivity contribution in [3.8, 4) is 17.3 Å². The summed E-state index contributed by atoms with van der Waals surface area (Å²) in [4.78, 5) is 21.3. The highest BCUT2D eigenvalue weighted by Gasteiger charge is 2.26. The van der Waals surface area contributed by atoms with Crippen LogP contribution in [-0.4, -0.2) is 32.0 Å². The molecule has 0 radical (unpaired) electrons. The minimum Gasteiger partial charge on any atom is -0.396 e. The van der Waals surface area contributed by atoms with E-state index in [0.29, 0.717) is 28.7 Å². The van der Waals surface area contributed by atoms with Crippen LogP contribution in [0.3, 0.4) is 0 Å². The van der Waals surface area contributed by atoms with Gasteiger partial charge >= 0.3 is 0 Å². The summed E-state index contributed by atoms with van der Waals surface area (Å²) in [6, 6.07) is 3.17. The molecule has 1 aliphatic rings. The Morgan fingerprint density at radius 3 is 2.74 bits per heavy atom. The van der Waals surface area contributed by atoms with Crippen LogP contribution in [0.1, 0.15) is 32.0 Å². The van der Waals surface area contributed by atoms with Crippen LogP contribution in [0.4, 0.5) is 4.39 Å². The number of hydrogen-bond acceptors (Lipinski definition) is 6. The van der Waals surface area contributed by atoms with E-state index in [1.807, 2.05) is 26.8 Å². The molecule has 0 aromatic carbocycles. The fourth-order valence-corrected chi connectivity index (χ4v) is 3.91. The first-order valence-electron chi connectivity index (χ1n) is 8.21. The molecule has 0 unspecified atom stereocenters. The number of nitrogens with zero attached hydrogens (tertiary/aromatic N) is 4. The lowest BCUT2D eigenvalue weighted by atomic mass is 9.90. The standard InChI is InChI=1S/C18H19FN4O2S.H2S/c1-18(2,3)15-13(19)4-11(6-21-15)14-12(5-20)16(25)23-7-10(8-24)9-26-17(23)22-14;/h4,6,10,24H,7-9H2,1-3H3;1H2/t10-;/m0./s1. The number of thioether (sulfide) groups is 1. The van der Waals surface area contributed by atoms with Gasteiger partial charge in [-0.25, -0.2) is 9.37 Å². The van der Waals surface area contributed by atoms with Crippen molar-refractivity contribution < 1.29 is 9.50 Å². The number of aliphatic hydroxyl groups is 1. The lowest BCUT2D eigenvalue weighted by Gasteiger charge is -2.24. The third-order valence-corrected chi connectivity index (χ3v) is 5.43. The smallest absolute Gasteiger partial charge is 0.272 e. The van der Waals surface area contributed by atoms with Gasteiger partial charge < -0.3 is 5.11 Å². The lowest BCUT2D eigenvalue weighted by molar-refractivity contribution is 0.217. The number of halogens is 1. The monoisotopic (exact) mass is 408 g/mol. The normalized spacial score (nSPS) is 16.2. The number of pyridine rings is 1. The van der Waals surface area contributed by atoms with Gasteiger partial charge in [-0.15, -0.1) is 0 Å². The molecule has 9 heteroatoms. The second-order valence-electron chi connectivity index (χ2n) is 7.31. The lowest BCUT2D eigenvalue weighted by Crippen LogP contribution is -2.34. The Hall–Kier alpha value is -1.89. The molecule has 3 rings (SSSR count). The van der Waals surface area contributed by atoms with E-state index in [1.165, 1.54) is 28.6 Å². The number of aromatic nitrogens is 3. The van der Waals surface area contributed by atoms with Gasteiger partial charge in [0.2, 0.25) is 0 Å². The number of fused-ring (bicyclic) bond motifs is 1. The summed E-state index contributed by atoms with van der Waals surface area (Å²) < 4.78 is 15.9. The van der Waals surface area contributed by atoms with E-state index >= 15 is 0 Å². The van der Waals surface area contributed by atoms with Crippen LogP contribution in [0, 0.1) is 23.1 Å². The summed E-state index contributed by atoms with van der Waals surface area (Å²) in [6.07, 6.45) is 1.45. The summed E-state index contributed by atoms with van der Waals surface area (Å²) >= 11 is 1.34. The van der Waals surface area contributed by atoms with Crippen molar-refractivity contribution in [3.63, 3.8) is 0 Å². The van der Waals surface area contributed by atoms with E-state index in [-0.39, 0.29) is 37.3 Å². The molecular weight excluding hydrogens is 387 g/mol. The molecule has 0 fully saturated rings. The quantitative estimate of drug-likeness (QED) is 0.768. The van der Waals surface area contributed by atoms with Crippen molar-refractivity contribution in [2.24, 2.45) is 5.92 Å². The Morgan fingerprint density at radius 2 is 2.19 bits per heavy atom. The molecule has 144 valence electrons. The van der Waals surface area contributed by atoms with Crippen LogP contribution < -0.4 is 5.56 Å². The maximum Gasteiger partial charge on any atom is 0.272 e. The number of nitriles is 1. The SMILES string of the molecule is CC(C)(C)c1ncc(-c2nc3n(c(=O)c2C#N)C[C@@H](CO)CS3)cc1F.S. The van der Waals surface area contributed by atoms with Crippen LogP contribution >= 0.6 is 25.3 Å². The summed E-state index contributed by atoms with van der Waals surface area (Å²) in [5.41, 5.74) is -0.313. The molecule has 1 atom stereocenters. The zero-order valence-corrected chi connectivity index (χ0v) is 17.1. The van der Waals surface area contributed by atoms with Crippen molar-refractivity contribution in [1.29, 1.82) is 5.26 Å². The molecule has 0 saturated carbocycles. The van der Waals surface area contributed by atoms with Crippen molar-refractivity contribution in [3.05, 3.63) is 39.7 Å². The fraction of sp³-hybridized carbons (Fsp3) is 0.444. The van der Waals surface area contributed by atoms with E-state index in [9.17, 15) is 19.6 Å². The van der Waals surface area contributed by atoms with Gasteiger partial charge in [-0.2, -0.15) is 18.8 Å². The van der Waals surface area contributed by atoms with E-state index in [1.54, 1.807) is 0 Å². The first-order chi connectivity index (χ1) is 12.3. The molecule has 3 heterocycles. The molecule has 0 saturated heterocycles.